The highest BCUT2D eigenvalue weighted by Gasteiger charge is 2.18. The number of nitrogens with zero attached hydrogens (tertiary/aromatic N) is 3. The fourth-order valence-corrected chi connectivity index (χ4v) is 1.54. The van der Waals surface area contributed by atoms with E-state index in [9.17, 15) is 19.7 Å². The van der Waals surface area contributed by atoms with Crippen LogP contribution < -0.4 is 5.69 Å². The molecule has 92 valence electrons. The van der Waals surface area contributed by atoms with Gasteiger partial charge in [-0.2, -0.15) is 4.98 Å². The number of carbonyl (C=O) groups is 1. The lowest BCUT2D eigenvalue weighted by atomic mass is 10.4. The van der Waals surface area contributed by atoms with E-state index in [2.05, 4.69) is 25.7 Å². The second kappa shape index (κ2) is 5.53. The van der Waals surface area contributed by atoms with Gasteiger partial charge in [0.15, 0.2) is 0 Å². The number of halogens is 1. The maximum absolute atomic E-state index is 11.3. The van der Waals surface area contributed by atoms with Gasteiger partial charge in [0, 0.05) is 0 Å². The van der Waals surface area contributed by atoms with Crippen LogP contribution in [0.1, 0.15) is 0 Å². The number of carbonyl (C=O) groups excluding carboxylic acids is 1. The predicted octanol–water partition coefficient (Wildman–Crippen LogP) is 0.0880. The summed E-state index contributed by atoms with van der Waals surface area (Å²) in [6, 6.07) is 0. The molecule has 0 aliphatic carbocycles. The molecule has 1 atom stereocenters. The van der Waals surface area contributed by atoms with E-state index >= 15 is 0 Å². The molecule has 0 spiro atoms. The number of rotatable bonds is 4. The highest BCUT2D eigenvalue weighted by Crippen LogP contribution is 2.08. The maximum atomic E-state index is 11.3. The summed E-state index contributed by atoms with van der Waals surface area (Å²) >= 11 is 3.00. The van der Waals surface area contributed by atoms with Gasteiger partial charge in [0.25, 0.3) is 0 Å². The number of aromatic nitrogens is 2. The number of alkyl halides is 1. The lowest BCUT2D eigenvalue weighted by Gasteiger charge is -2.08. The van der Waals surface area contributed by atoms with Crippen LogP contribution in [0.4, 0.5) is 5.69 Å². The van der Waals surface area contributed by atoms with Crippen molar-refractivity contribution in [1.82, 2.24) is 9.55 Å². The highest BCUT2D eigenvalue weighted by molar-refractivity contribution is 9.10. The SMILES string of the molecule is COC(=O)C(Br)Cn1cc([N+](=O)[O-])cnc1=O. The van der Waals surface area contributed by atoms with E-state index in [4.69, 9.17) is 0 Å². The second-order valence-corrected chi connectivity index (χ2v) is 4.10. The number of nitro groups is 1. The molecule has 0 radical (unpaired) electrons. The van der Waals surface area contributed by atoms with Crippen molar-refractivity contribution >= 4 is 27.6 Å². The van der Waals surface area contributed by atoms with Gasteiger partial charge in [0.05, 0.1) is 24.8 Å². The van der Waals surface area contributed by atoms with Crippen molar-refractivity contribution in [2.24, 2.45) is 0 Å². The average Bonchev–Trinajstić information content (AvgIpc) is 2.30. The Hall–Kier alpha value is -1.77. The van der Waals surface area contributed by atoms with Crippen LogP contribution in [0.25, 0.3) is 0 Å². The number of esters is 1. The van der Waals surface area contributed by atoms with Gasteiger partial charge >= 0.3 is 17.3 Å². The van der Waals surface area contributed by atoms with Crippen LogP contribution in [0.15, 0.2) is 17.2 Å². The summed E-state index contributed by atoms with van der Waals surface area (Å²) in [5.41, 5.74) is -1.00. The lowest BCUT2D eigenvalue weighted by molar-refractivity contribution is -0.385. The van der Waals surface area contributed by atoms with E-state index in [1.807, 2.05) is 0 Å². The molecular weight excluding hydrogens is 298 g/mol. The molecule has 0 aliphatic heterocycles. The minimum absolute atomic E-state index is 0.0970. The van der Waals surface area contributed by atoms with E-state index in [1.165, 1.54) is 7.11 Å². The van der Waals surface area contributed by atoms with Crippen LogP contribution >= 0.6 is 15.9 Å². The fraction of sp³-hybridized carbons (Fsp3) is 0.375. The van der Waals surface area contributed by atoms with Crippen LogP contribution in [0.3, 0.4) is 0 Å². The molecule has 1 rings (SSSR count). The van der Waals surface area contributed by atoms with Crippen LogP contribution in [-0.4, -0.2) is 32.4 Å². The molecule has 0 aromatic carbocycles. The smallest absolute Gasteiger partial charge is 0.348 e. The average molecular weight is 306 g/mol. The summed E-state index contributed by atoms with van der Waals surface area (Å²) in [6.07, 6.45) is 1.88. The molecule has 1 heterocycles. The third-order valence-electron chi connectivity index (χ3n) is 1.87. The zero-order chi connectivity index (χ0) is 13.0. The highest BCUT2D eigenvalue weighted by atomic mass is 79.9. The lowest BCUT2D eigenvalue weighted by Crippen LogP contribution is -2.30. The summed E-state index contributed by atoms with van der Waals surface area (Å²) in [5, 5.41) is 10.5. The Morgan fingerprint density at radius 1 is 1.76 bits per heavy atom. The monoisotopic (exact) mass is 305 g/mol. The summed E-state index contributed by atoms with van der Waals surface area (Å²) < 4.78 is 5.41. The molecule has 0 saturated heterocycles. The van der Waals surface area contributed by atoms with Crippen LogP contribution in [0.2, 0.25) is 0 Å². The largest absolute Gasteiger partial charge is 0.468 e. The van der Waals surface area contributed by atoms with E-state index < -0.39 is 21.4 Å². The minimum Gasteiger partial charge on any atom is -0.468 e. The molecule has 0 N–H and O–H groups in total. The minimum atomic E-state index is -0.769. The van der Waals surface area contributed by atoms with Crippen molar-refractivity contribution in [2.75, 3.05) is 7.11 Å². The van der Waals surface area contributed by atoms with E-state index in [0.717, 1.165) is 17.0 Å². The van der Waals surface area contributed by atoms with Crippen LogP contribution in [0.5, 0.6) is 0 Å². The Kier molecular flexibility index (Phi) is 4.32. The molecule has 9 heteroatoms. The van der Waals surface area contributed by atoms with Gasteiger partial charge in [0.2, 0.25) is 0 Å². The van der Waals surface area contributed by atoms with Gasteiger partial charge in [-0.1, -0.05) is 15.9 Å². The molecule has 1 aromatic heterocycles. The van der Waals surface area contributed by atoms with Gasteiger partial charge in [-0.15, -0.1) is 0 Å². The first-order valence-corrected chi connectivity index (χ1v) is 5.30. The molecule has 0 fully saturated rings. The van der Waals surface area contributed by atoms with Gasteiger partial charge in [-0.3, -0.25) is 19.5 Å². The van der Waals surface area contributed by atoms with E-state index in [0.29, 0.717) is 0 Å². The number of ether oxygens (including phenoxy) is 1. The first kappa shape index (κ1) is 13.3. The van der Waals surface area contributed by atoms with Crippen molar-refractivity contribution in [3.8, 4) is 0 Å². The Labute approximate surface area is 103 Å². The van der Waals surface area contributed by atoms with Gasteiger partial charge in [0.1, 0.15) is 11.0 Å². The summed E-state index contributed by atoms with van der Waals surface area (Å²) in [4.78, 5) is 34.8. The normalized spacial score (nSPS) is 11.9. The zero-order valence-electron chi connectivity index (χ0n) is 8.70. The first-order valence-electron chi connectivity index (χ1n) is 4.38. The van der Waals surface area contributed by atoms with Gasteiger partial charge in [-0.05, 0) is 0 Å². The van der Waals surface area contributed by atoms with Gasteiger partial charge < -0.3 is 4.74 Å². The Balaban J connectivity index is 2.98. The quantitative estimate of drug-likeness (QED) is 0.338. The van der Waals surface area contributed by atoms with Crippen molar-refractivity contribution in [3.05, 3.63) is 33.0 Å². The van der Waals surface area contributed by atoms with E-state index in [1.54, 1.807) is 0 Å². The number of methoxy groups -OCH3 is 1. The maximum Gasteiger partial charge on any atom is 0.348 e. The standard InChI is InChI=1S/C8H8BrN3O5/c1-17-7(13)6(9)4-11-3-5(12(15)16)2-10-8(11)14/h2-3,6H,4H2,1H3. The Morgan fingerprint density at radius 3 is 2.94 bits per heavy atom. The number of hydrogen-bond donors (Lipinski definition) is 0. The topological polar surface area (TPSA) is 104 Å². The molecule has 17 heavy (non-hydrogen) atoms. The van der Waals surface area contributed by atoms with Crippen LogP contribution in [0, 0.1) is 10.1 Å². The number of hydrogen-bond acceptors (Lipinski definition) is 6. The fourth-order valence-electron chi connectivity index (χ4n) is 1.04. The Morgan fingerprint density at radius 2 is 2.41 bits per heavy atom. The van der Waals surface area contributed by atoms with Crippen molar-refractivity contribution in [3.63, 3.8) is 0 Å². The molecule has 0 amide bonds. The molecular formula is C8H8BrN3O5. The summed E-state index contributed by atoms with van der Waals surface area (Å²) in [5.74, 6) is -0.580. The zero-order valence-corrected chi connectivity index (χ0v) is 10.3. The Bertz CT molecular complexity index is 500. The third kappa shape index (κ3) is 3.34. The van der Waals surface area contributed by atoms with Crippen LogP contribution in [-0.2, 0) is 16.1 Å². The molecule has 1 unspecified atom stereocenters. The molecule has 8 nitrogen and oxygen atoms in total. The molecule has 0 bridgehead atoms. The molecule has 0 saturated carbocycles. The predicted molar refractivity (Wildman–Crippen MR) is 59.9 cm³/mol. The van der Waals surface area contributed by atoms with Crippen molar-refractivity contribution in [2.45, 2.75) is 11.4 Å². The van der Waals surface area contributed by atoms with Crippen molar-refractivity contribution < 1.29 is 14.5 Å². The summed E-state index contributed by atoms with van der Waals surface area (Å²) in [7, 11) is 1.20. The third-order valence-corrected chi connectivity index (χ3v) is 2.53. The molecule has 0 aliphatic rings. The first-order chi connectivity index (χ1) is 7.95. The van der Waals surface area contributed by atoms with Crippen molar-refractivity contribution in [1.29, 1.82) is 0 Å². The molecule has 1 aromatic rings. The van der Waals surface area contributed by atoms with Gasteiger partial charge in [-0.25, -0.2) is 4.79 Å². The van der Waals surface area contributed by atoms with E-state index in [-0.39, 0.29) is 12.2 Å². The second-order valence-electron chi connectivity index (χ2n) is 2.99. The summed E-state index contributed by atoms with van der Waals surface area (Å²) in [6.45, 7) is -0.0970.